The highest BCUT2D eigenvalue weighted by Gasteiger charge is 2.24. The second-order valence-electron chi connectivity index (χ2n) is 3.84. The van der Waals surface area contributed by atoms with E-state index in [1.807, 2.05) is 30.0 Å². The van der Waals surface area contributed by atoms with E-state index in [0.29, 0.717) is 0 Å². The first-order valence-corrected chi connectivity index (χ1v) is 6.15. The van der Waals surface area contributed by atoms with Crippen molar-refractivity contribution in [2.24, 2.45) is 0 Å². The van der Waals surface area contributed by atoms with Gasteiger partial charge in [-0.1, -0.05) is 34.1 Å². The Morgan fingerprint density at radius 1 is 1.47 bits per heavy atom. The van der Waals surface area contributed by atoms with Crippen molar-refractivity contribution in [2.45, 2.75) is 24.6 Å². The Hall–Kier alpha value is -0.830. The van der Waals surface area contributed by atoms with Gasteiger partial charge in [0.2, 0.25) is 5.91 Å². The molecule has 0 aromatic heterocycles. The molecule has 1 aliphatic rings. The van der Waals surface area contributed by atoms with Crippen molar-refractivity contribution in [3.8, 4) is 0 Å². The molecule has 0 spiro atoms. The summed E-state index contributed by atoms with van der Waals surface area (Å²) in [4.78, 5) is 13.7. The van der Waals surface area contributed by atoms with Gasteiger partial charge in [-0.15, -0.1) is 0 Å². The van der Waals surface area contributed by atoms with Gasteiger partial charge in [0.15, 0.2) is 0 Å². The summed E-state index contributed by atoms with van der Waals surface area (Å²) < 4.78 is 0. The van der Waals surface area contributed by atoms with Crippen LogP contribution in [0.15, 0.2) is 24.3 Å². The molecule has 80 valence electrons. The number of carbonyl (C=O) groups is 1. The first-order valence-electron chi connectivity index (χ1n) is 5.23. The lowest BCUT2D eigenvalue weighted by molar-refractivity contribution is -0.117. The van der Waals surface area contributed by atoms with Crippen LogP contribution in [0.5, 0.6) is 0 Å². The predicted molar refractivity (Wildman–Crippen MR) is 65.5 cm³/mol. The molecule has 1 heterocycles. The van der Waals surface area contributed by atoms with Crippen molar-refractivity contribution >= 4 is 27.5 Å². The fraction of sp³-hybridized carbons (Fsp3) is 0.417. The van der Waals surface area contributed by atoms with Crippen LogP contribution in [0, 0.1) is 0 Å². The Morgan fingerprint density at radius 2 is 2.20 bits per heavy atom. The number of benzene rings is 1. The predicted octanol–water partition coefficient (Wildman–Crippen LogP) is 2.75. The van der Waals surface area contributed by atoms with Crippen LogP contribution in [0.2, 0.25) is 0 Å². The highest BCUT2D eigenvalue weighted by atomic mass is 79.9. The van der Waals surface area contributed by atoms with Crippen molar-refractivity contribution < 1.29 is 4.79 Å². The molecule has 0 aliphatic carbocycles. The Morgan fingerprint density at radius 3 is 2.93 bits per heavy atom. The molecule has 15 heavy (non-hydrogen) atoms. The van der Waals surface area contributed by atoms with Gasteiger partial charge in [0, 0.05) is 12.2 Å². The highest BCUT2D eigenvalue weighted by molar-refractivity contribution is 9.10. The fourth-order valence-electron chi connectivity index (χ4n) is 1.98. The number of halogens is 1. The second-order valence-corrected chi connectivity index (χ2v) is 5.21. The standard InChI is InChI=1S/C12H14BrNO/c1-9(13)12(15)14-8-4-6-10-5-2-3-7-11(10)14/h2-3,5,7,9H,4,6,8H2,1H3/t9-/m1/s1. The van der Waals surface area contributed by atoms with Crippen molar-refractivity contribution in [1.82, 2.24) is 0 Å². The largest absolute Gasteiger partial charge is 0.311 e. The Balaban J connectivity index is 2.34. The minimum absolute atomic E-state index is 0.108. The number of rotatable bonds is 1. The van der Waals surface area contributed by atoms with E-state index < -0.39 is 0 Å². The van der Waals surface area contributed by atoms with Crippen LogP contribution >= 0.6 is 15.9 Å². The molecule has 0 N–H and O–H groups in total. The number of para-hydroxylation sites is 1. The van der Waals surface area contributed by atoms with Gasteiger partial charge in [-0.05, 0) is 31.4 Å². The zero-order valence-electron chi connectivity index (χ0n) is 8.74. The van der Waals surface area contributed by atoms with Crippen molar-refractivity contribution in [3.05, 3.63) is 29.8 Å². The van der Waals surface area contributed by atoms with Gasteiger partial charge in [0.25, 0.3) is 0 Å². The molecule has 3 heteroatoms. The number of hydrogen-bond donors (Lipinski definition) is 0. The van der Waals surface area contributed by atoms with E-state index in [-0.39, 0.29) is 10.7 Å². The molecule has 1 aromatic carbocycles. The first kappa shape index (κ1) is 10.7. The summed E-state index contributed by atoms with van der Waals surface area (Å²) in [5, 5.41) is 0. The van der Waals surface area contributed by atoms with Gasteiger partial charge < -0.3 is 4.90 Å². The van der Waals surface area contributed by atoms with E-state index in [1.54, 1.807) is 0 Å². The fourth-order valence-corrected chi connectivity index (χ4v) is 2.22. The van der Waals surface area contributed by atoms with Gasteiger partial charge in [0.1, 0.15) is 0 Å². The number of anilines is 1. The topological polar surface area (TPSA) is 20.3 Å². The smallest absolute Gasteiger partial charge is 0.240 e. The minimum atomic E-state index is -0.108. The SMILES string of the molecule is C[C@@H](Br)C(=O)N1CCCc2ccccc21. The molecule has 1 aliphatic heterocycles. The Kier molecular flexibility index (Phi) is 3.10. The highest BCUT2D eigenvalue weighted by Crippen LogP contribution is 2.27. The van der Waals surface area contributed by atoms with Crippen LogP contribution in [0.4, 0.5) is 5.69 Å². The maximum absolute atomic E-state index is 11.9. The van der Waals surface area contributed by atoms with Crippen LogP contribution in [0.1, 0.15) is 18.9 Å². The third-order valence-electron chi connectivity index (χ3n) is 2.72. The molecule has 1 aromatic rings. The van der Waals surface area contributed by atoms with Crippen molar-refractivity contribution in [1.29, 1.82) is 0 Å². The number of hydrogen-bond acceptors (Lipinski definition) is 1. The average Bonchev–Trinajstić information content (AvgIpc) is 2.27. The number of fused-ring (bicyclic) bond motifs is 1. The maximum atomic E-state index is 11.9. The lowest BCUT2D eigenvalue weighted by atomic mass is 10.0. The van der Waals surface area contributed by atoms with Crippen LogP contribution < -0.4 is 4.90 Å². The molecule has 0 fully saturated rings. The number of amides is 1. The zero-order chi connectivity index (χ0) is 10.8. The zero-order valence-corrected chi connectivity index (χ0v) is 10.3. The molecule has 1 atom stereocenters. The lowest BCUT2D eigenvalue weighted by Crippen LogP contribution is -2.39. The van der Waals surface area contributed by atoms with Gasteiger partial charge in [-0.2, -0.15) is 0 Å². The third-order valence-corrected chi connectivity index (χ3v) is 3.11. The van der Waals surface area contributed by atoms with Crippen LogP contribution in [-0.2, 0) is 11.2 Å². The molecule has 0 radical (unpaired) electrons. The number of nitrogens with zero attached hydrogens (tertiary/aromatic N) is 1. The van der Waals surface area contributed by atoms with E-state index in [0.717, 1.165) is 25.1 Å². The first-order chi connectivity index (χ1) is 7.20. The Labute approximate surface area is 98.4 Å². The summed E-state index contributed by atoms with van der Waals surface area (Å²) in [7, 11) is 0. The van der Waals surface area contributed by atoms with E-state index in [9.17, 15) is 4.79 Å². The van der Waals surface area contributed by atoms with Gasteiger partial charge >= 0.3 is 0 Å². The maximum Gasteiger partial charge on any atom is 0.240 e. The monoisotopic (exact) mass is 267 g/mol. The molecule has 0 saturated carbocycles. The molecule has 0 bridgehead atoms. The van der Waals surface area contributed by atoms with Gasteiger partial charge in [0.05, 0.1) is 4.83 Å². The summed E-state index contributed by atoms with van der Waals surface area (Å²) >= 11 is 3.34. The summed E-state index contributed by atoms with van der Waals surface area (Å²) in [6.45, 7) is 2.71. The molecule has 0 saturated heterocycles. The van der Waals surface area contributed by atoms with E-state index in [1.165, 1.54) is 5.56 Å². The summed E-state index contributed by atoms with van der Waals surface area (Å²) in [5.74, 6) is 0.155. The van der Waals surface area contributed by atoms with Gasteiger partial charge in [-0.25, -0.2) is 0 Å². The summed E-state index contributed by atoms with van der Waals surface area (Å²) in [6, 6.07) is 8.16. The minimum Gasteiger partial charge on any atom is -0.311 e. The Bertz CT molecular complexity index is 376. The van der Waals surface area contributed by atoms with Crippen LogP contribution in [0.3, 0.4) is 0 Å². The third kappa shape index (κ3) is 2.07. The number of aryl methyl sites for hydroxylation is 1. The van der Waals surface area contributed by atoms with E-state index >= 15 is 0 Å². The van der Waals surface area contributed by atoms with Crippen LogP contribution in [0.25, 0.3) is 0 Å². The summed E-state index contributed by atoms with van der Waals surface area (Å²) in [5.41, 5.74) is 2.37. The number of alkyl halides is 1. The van der Waals surface area contributed by atoms with E-state index in [2.05, 4.69) is 22.0 Å². The average molecular weight is 268 g/mol. The quantitative estimate of drug-likeness (QED) is 0.717. The number of carbonyl (C=O) groups excluding carboxylic acids is 1. The molecular formula is C12H14BrNO. The van der Waals surface area contributed by atoms with Crippen LogP contribution in [-0.4, -0.2) is 17.3 Å². The normalized spacial score (nSPS) is 17.1. The van der Waals surface area contributed by atoms with Crippen molar-refractivity contribution in [3.63, 3.8) is 0 Å². The van der Waals surface area contributed by atoms with Crippen molar-refractivity contribution in [2.75, 3.05) is 11.4 Å². The van der Waals surface area contributed by atoms with E-state index in [4.69, 9.17) is 0 Å². The molecule has 2 rings (SSSR count). The molecule has 2 nitrogen and oxygen atoms in total. The molecule has 0 unspecified atom stereocenters. The summed E-state index contributed by atoms with van der Waals surface area (Å²) in [6.07, 6.45) is 2.14. The van der Waals surface area contributed by atoms with Gasteiger partial charge in [-0.3, -0.25) is 4.79 Å². The molecular weight excluding hydrogens is 254 g/mol. The lowest BCUT2D eigenvalue weighted by Gasteiger charge is -2.30. The second kappa shape index (κ2) is 4.35. The molecule has 1 amide bonds.